The molecule has 0 aliphatic heterocycles. The molecule has 1 saturated carbocycles. The van der Waals surface area contributed by atoms with Crippen molar-refractivity contribution >= 4 is 11.8 Å². The summed E-state index contributed by atoms with van der Waals surface area (Å²) in [5, 5.41) is 8.08. The second kappa shape index (κ2) is 6.67. The van der Waals surface area contributed by atoms with Crippen LogP contribution in [0.15, 0.2) is 35.2 Å². The summed E-state index contributed by atoms with van der Waals surface area (Å²) in [6, 6.07) is 11.8. The van der Waals surface area contributed by atoms with Crippen LogP contribution in [0.2, 0.25) is 0 Å². The Kier molecular flexibility index (Phi) is 4.66. The van der Waals surface area contributed by atoms with Gasteiger partial charge in [-0.05, 0) is 50.5 Å². The molecule has 1 aliphatic carbocycles. The van der Waals surface area contributed by atoms with Crippen molar-refractivity contribution in [3.8, 4) is 0 Å². The fourth-order valence-corrected chi connectivity index (χ4v) is 3.40. The van der Waals surface area contributed by atoms with Gasteiger partial charge in [0.1, 0.15) is 0 Å². The molecule has 2 aromatic rings. The van der Waals surface area contributed by atoms with E-state index in [-0.39, 0.29) is 0 Å². The third kappa shape index (κ3) is 4.11. The quantitative estimate of drug-likeness (QED) is 0.790. The van der Waals surface area contributed by atoms with Gasteiger partial charge in [-0.15, -0.1) is 11.8 Å². The van der Waals surface area contributed by atoms with E-state index >= 15 is 0 Å². The molecule has 1 heterocycles. The predicted octanol–water partition coefficient (Wildman–Crippen LogP) is 3.76. The van der Waals surface area contributed by atoms with Gasteiger partial charge in [-0.2, -0.15) is 5.10 Å². The molecule has 3 rings (SSSR count). The number of hydrogen-bond donors (Lipinski definition) is 1. The van der Waals surface area contributed by atoms with Gasteiger partial charge < -0.3 is 5.32 Å². The predicted molar refractivity (Wildman–Crippen MR) is 88.5 cm³/mol. The van der Waals surface area contributed by atoms with Gasteiger partial charge in [0.15, 0.2) is 0 Å². The smallest absolute Gasteiger partial charge is 0.0596 e. The zero-order valence-corrected chi connectivity index (χ0v) is 13.6. The number of benzene rings is 1. The number of rotatable bonds is 7. The molecule has 1 aromatic heterocycles. The maximum Gasteiger partial charge on any atom is 0.0596 e. The Morgan fingerprint density at radius 2 is 2.19 bits per heavy atom. The number of nitrogens with zero attached hydrogens (tertiary/aromatic N) is 2. The fraction of sp³-hybridized carbons (Fsp3) is 0.471. The van der Waals surface area contributed by atoms with Crippen molar-refractivity contribution in [1.82, 2.24) is 15.1 Å². The minimum atomic E-state index is 0.767. The largest absolute Gasteiger partial charge is 0.310 e. The first-order chi connectivity index (χ1) is 10.2. The molecular formula is C17H23N3S. The van der Waals surface area contributed by atoms with E-state index in [1.807, 2.05) is 11.8 Å². The first-order valence-electron chi connectivity index (χ1n) is 7.73. The van der Waals surface area contributed by atoms with Gasteiger partial charge in [0.2, 0.25) is 0 Å². The lowest BCUT2D eigenvalue weighted by Crippen LogP contribution is -2.15. The maximum atomic E-state index is 4.51. The third-order valence-corrected chi connectivity index (χ3v) is 4.77. The highest BCUT2D eigenvalue weighted by atomic mass is 32.2. The lowest BCUT2D eigenvalue weighted by Gasteiger charge is -2.07. The molecule has 0 unspecified atom stereocenters. The maximum absolute atomic E-state index is 4.51. The molecule has 0 radical (unpaired) electrons. The lowest BCUT2D eigenvalue weighted by atomic mass is 10.2. The lowest BCUT2D eigenvalue weighted by molar-refractivity contribution is 0.632. The van der Waals surface area contributed by atoms with Crippen LogP contribution in [0.1, 0.15) is 36.7 Å². The van der Waals surface area contributed by atoms with Crippen LogP contribution in [0.4, 0.5) is 0 Å². The number of thioether (sulfide) groups is 1. The van der Waals surface area contributed by atoms with Crippen molar-refractivity contribution in [2.75, 3.05) is 0 Å². The summed E-state index contributed by atoms with van der Waals surface area (Å²) in [4.78, 5) is 1.34. The molecule has 4 heteroatoms. The van der Waals surface area contributed by atoms with E-state index in [0.29, 0.717) is 0 Å². The van der Waals surface area contributed by atoms with Gasteiger partial charge in [0.05, 0.1) is 5.69 Å². The number of hydrogen-bond acceptors (Lipinski definition) is 3. The van der Waals surface area contributed by atoms with Gasteiger partial charge in [0, 0.05) is 35.5 Å². The number of aryl methyl sites for hydroxylation is 2. The second-order valence-electron chi connectivity index (χ2n) is 5.68. The van der Waals surface area contributed by atoms with Crippen molar-refractivity contribution in [3.63, 3.8) is 0 Å². The van der Waals surface area contributed by atoms with E-state index in [1.165, 1.54) is 29.0 Å². The summed E-state index contributed by atoms with van der Waals surface area (Å²) in [7, 11) is 0. The zero-order valence-electron chi connectivity index (χ0n) is 12.8. The normalized spacial score (nSPS) is 14.6. The molecule has 0 bridgehead atoms. The summed E-state index contributed by atoms with van der Waals surface area (Å²) in [5.74, 6) is 0.980. The van der Waals surface area contributed by atoms with Crippen molar-refractivity contribution in [3.05, 3.63) is 47.3 Å². The van der Waals surface area contributed by atoms with Crippen molar-refractivity contribution < 1.29 is 0 Å². The molecule has 0 amide bonds. The average molecular weight is 301 g/mol. The van der Waals surface area contributed by atoms with E-state index in [4.69, 9.17) is 0 Å². The van der Waals surface area contributed by atoms with Crippen LogP contribution in [-0.4, -0.2) is 15.8 Å². The topological polar surface area (TPSA) is 29.9 Å². The van der Waals surface area contributed by atoms with Crippen LogP contribution in [0.5, 0.6) is 0 Å². The Labute approximate surface area is 131 Å². The minimum Gasteiger partial charge on any atom is -0.310 e. The third-order valence-electron chi connectivity index (χ3n) is 3.74. The van der Waals surface area contributed by atoms with Gasteiger partial charge in [-0.25, -0.2) is 0 Å². The van der Waals surface area contributed by atoms with Crippen LogP contribution in [0.25, 0.3) is 0 Å². The second-order valence-corrected chi connectivity index (χ2v) is 6.73. The van der Waals surface area contributed by atoms with Crippen LogP contribution in [0, 0.1) is 6.92 Å². The summed E-state index contributed by atoms with van der Waals surface area (Å²) in [6.07, 6.45) is 2.68. The van der Waals surface area contributed by atoms with Crippen LogP contribution >= 0.6 is 11.8 Å². The molecule has 0 atom stereocenters. The standard InChI is InChI=1S/C17H23N3S/c1-3-20-16(9-13(2)19-20)12-21-17-6-4-5-14(10-17)11-18-15-7-8-15/h4-6,9-10,15,18H,3,7-8,11-12H2,1-2H3. The molecule has 1 fully saturated rings. The fourth-order valence-electron chi connectivity index (χ4n) is 2.44. The van der Waals surface area contributed by atoms with E-state index < -0.39 is 0 Å². The van der Waals surface area contributed by atoms with E-state index in [2.05, 4.69) is 59.3 Å². The summed E-state index contributed by atoms with van der Waals surface area (Å²) < 4.78 is 2.10. The Morgan fingerprint density at radius 3 is 2.95 bits per heavy atom. The molecule has 21 heavy (non-hydrogen) atoms. The Morgan fingerprint density at radius 1 is 1.33 bits per heavy atom. The van der Waals surface area contributed by atoms with E-state index in [1.54, 1.807) is 0 Å². The minimum absolute atomic E-state index is 0.767. The van der Waals surface area contributed by atoms with Crippen molar-refractivity contribution in [1.29, 1.82) is 0 Å². The highest BCUT2D eigenvalue weighted by Gasteiger charge is 2.19. The van der Waals surface area contributed by atoms with Gasteiger partial charge in [-0.1, -0.05) is 12.1 Å². The SMILES string of the molecule is CCn1nc(C)cc1CSc1cccc(CNC2CC2)c1. The van der Waals surface area contributed by atoms with Gasteiger partial charge in [-0.3, -0.25) is 4.68 Å². The Balaban J connectivity index is 1.59. The summed E-state index contributed by atoms with van der Waals surface area (Å²) >= 11 is 1.89. The van der Waals surface area contributed by atoms with Crippen molar-refractivity contribution in [2.45, 2.75) is 56.5 Å². The van der Waals surface area contributed by atoms with E-state index in [9.17, 15) is 0 Å². The van der Waals surface area contributed by atoms with Crippen molar-refractivity contribution in [2.24, 2.45) is 0 Å². The zero-order chi connectivity index (χ0) is 14.7. The van der Waals surface area contributed by atoms with E-state index in [0.717, 1.165) is 30.6 Å². The molecular weight excluding hydrogens is 278 g/mol. The molecule has 112 valence electrons. The average Bonchev–Trinajstić information content (AvgIpc) is 3.25. The highest BCUT2D eigenvalue weighted by molar-refractivity contribution is 7.98. The first kappa shape index (κ1) is 14.7. The molecule has 3 nitrogen and oxygen atoms in total. The van der Waals surface area contributed by atoms with Crippen LogP contribution < -0.4 is 5.32 Å². The van der Waals surface area contributed by atoms with Gasteiger partial charge >= 0.3 is 0 Å². The molecule has 1 N–H and O–H groups in total. The number of nitrogens with one attached hydrogen (secondary N) is 1. The Bertz CT molecular complexity index is 602. The molecule has 0 saturated heterocycles. The Hall–Kier alpha value is -1.26. The number of aromatic nitrogens is 2. The first-order valence-corrected chi connectivity index (χ1v) is 8.71. The van der Waals surface area contributed by atoms with Crippen LogP contribution in [-0.2, 0) is 18.8 Å². The monoisotopic (exact) mass is 301 g/mol. The molecule has 1 aromatic carbocycles. The van der Waals surface area contributed by atoms with Gasteiger partial charge in [0.25, 0.3) is 0 Å². The highest BCUT2D eigenvalue weighted by Crippen LogP contribution is 2.25. The summed E-state index contributed by atoms with van der Waals surface area (Å²) in [5.41, 5.74) is 3.79. The summed E-state index contributed by atoms with van der Waals surface area (Å²) in [6.45, 7) is 6.13. The molecule has 0 spiro atoms. The molecule has 1 aliphatic rings. The van der Waals surface area contributed by atoms with Crippen LogP contribution in [0.3, 0.4) is 0 Å².